The fourth-order valence-corrected chi connectivity index (χ4v) is 3.58. The molecule has 6 heteroatoms. The van der Waals surface area contributed by atoms with Gasteiger partial charge >= 0.3 is 0 Å². The summed E-state index contributed by atoms with van der Waals surface area (Å²) in [6, 6.07) is 16.7. The van der Waals surface area contributed by atoms with Gasteiger partial charge in [-0.05, 0) is 49.2 Å². The average Bonchev–Trinajstić information content (AvgIpc) is 3.29. The lowest BCUT2D eigenvalue weighted by Crippen LogP contribution is -2.52. The second-order valence-corrected chi connectivity index (χ2v) is 7.06. The van der Waals surface area contributed by atoms with Crippen LogP contribution in [-0.2, 0) is 9.53 Å². The third kappa shape index (κ3) is 4.17. The molecule has 0 saturated carbocycles. The van der Waals surface area contributed by atoms with Crippen LogP contribution in [0.2, 0.25) is 0 Å². The van der Waals surface area contributed by atoms with Gasteiger partial charge in [0.05, 0.1) is 0 Å². The molecule has 146 valence electrons. The Bertz CT molecular complexity index is 808. The first-order chi connectivity index (χ1) is 13.7. The Balaban J connectivity index is 1.31. The Morgan fingerprint density at radius 2 is 1.50 bits per heavy atom. The topological polar surface area (TPSA) is 59.1 Å². The summed E-state index contributed by atoms with van der Waals surface area (Å²) in [6.07, 6.45) is 1.45. The van der Waals surface area contributed by atoms with Crippen LogP contribution in [0.3, 0.4) is 0 Å². The molecule has 2 saturated heterocycles. The molecule has 0 radical (unpaired) electrons. The maximum absolute atomic E-state index is 12.8. The number of carbonyl (C=O) groups excluding carboxylic acids is 2. The minimum absolute atomic E-state index is 0.0181. The molecule has 2 aliphatic heterocycles. The summed E-state index contributed by atoms with van der Waals surface area (Å²) in [5.74, 6) is 1.49. The lowest BCUT2D eigenvalue weighted by Gasteiger charge is -2.35. The van der Waals surface area contributed by atoms with Gasteiger partial charge < -0.3 is 19.3 Å². The van der Waals surface area contributed by atoms with Crippen molar-refractivity contribution in [1.29, 1.82) is 0 Å². The average molecular weight is 380 g/mol. The molecule has 1 atom stereocenters. The number of para-hydroxylation sites is 1. The normalized spacial score (nSPS) is 19.5. The van der Waals surface area contributed by atoms with Gasteiger partial charge in [0.1, 0.15) is 17.6 Å². The van der Waals surface area contributed by atoms with Crippen molar-refractivity contribution in [3.8, 4) is 11.5 Å². The molecule has 2 fully saturated rings. The summed E-state index contributed by atoms with van der Waals surface area (Å²) >= 11 is 0. The molecule has 0 aromatic heterocycles. The van der Waals surface area contributed by atoms with E-state index in [4.69, 9.17) is 9.47 Å². The van der Waals surface area contributed by atoms with Crippen molar-refractivity contribution in [3.63, 3.8) is 0 Å². The summed E-state index contributed by atoms with van der Waals surface area (Å²) in [6.45, 7) is 2.86. The predicted octanol–water partition coefficient (Wildman–Crippen LogP) is 2.94. The van der Waals surface area contributed by atoms with Gasteiger partial charge in [-0.25, -0.2) is 0 Å². The van der Waals surface area contributed by atoms with E-state index in [1.165, 1.54) is 0 Å². The van der Waals surface area contributed by atoms with Gasteiger partial charge in [0.25, 0.3) is 11.8 Å². The number of hydrogen-bond acceptors (Lipinski definition) is 4. The fraction of sp³-hybridized carbons (Fsp3) is 0.364. The number of benzene rings is 2. The van der Waals surface area contributed by atoms with E-state index >= 15 is 0 Å². The monoisotopic (exact) mass is 380 g/mol. The van der Waals surface area contributed by atoms with E-state index in [0.717, 1.165) is 18.6 Å². The van der Waals surface area contributed by atoms with Crippen LogP contribution < -0.4 is 4.74 Å². The van der Waals surface area contributed by atoms with Gasteiger partial charge in [-0.15, -0.1) is 0 Å². The minimum Gasteiger partial charge on any atom is -0.457 e. The van der Waals surface area contributed by atoms with Crippen molar-refractivity contribution in [2.24, 2.45) is 0 Å². The van der Waals surface area contributed by atoms with Gasteiger partial charge in [0.2, 0.25) is 0 Å². The molecule has 0 bridgehead atoms. The van der Waals surface area contributed by atoms with Crippen molar-refractivity contribution in [3.05, 3.63) is 60.2 Å². The van der Waals surface area contributed by atoms with E-state index in [2.05, 4.69) is 0 Å². The second-order valence-electron chi connectivity index (χ2n) is 7.06. The van der Waals surface area contributed by atoms with Crippen LogP contribution in [0.5, 0.6) is 11.5 Å². The highest BCUT2D eigenvalue weighted by Crippen LogP contribution is 2.22. The minimum atomic E-state index is -0.292. The highest BCUT2D eigenvalue weighted by Gasteiger charge is 2.31. The molecule has 6 nitrogen and oxygen atoms in total. The van der Waals surface area contributed by atoms with Crippen LogP contribution in [0.4, 0.5) is 0 Å². The van der Waals surface area contributed by atoms with Crippen LogP contribution in [0.1, 0.15) is 23.2 Å². The number of rotatable bonds is 4. The molecule has 2 aliphatic rings. The zero-order valence-electron chi connectivity index (χ0n) is 15.8. The third-order valence-electron chi connectivity index (χ3n) is 5.16. The lowest BCUT2D eigenvalue weighted by atomic mass is 10.1. The van der Waals surface area contributed by atoms with Crippen molar-refractivity contribution in [2.45, 2.75) is 18.9 Å². The van der Waals surface area contributed by atoms with Gasteiger partial charge in [-0.3, -0.25) is 9.59 Å². The number of piperazine rings is 1. The number of ether oxygens (including phenoxy) is 2. The molecule has 2 amide bonds. The first kappa shape index (κ1) is 18.5. The highest BCUT2D eigenvalue weighted by molar-refractivity contribution is 5.94. The molecular formula is C22H24N2O4. The molecular weight excluding hydrogens is 356 g/mol. The first-order valence-corrected chi connectivity index (χ1v) is 9.73. The van der Waals surface area contributed by atoms with E-state index in [-0.39, 0.29) is 17.9 Å². The molecule has 2 aromatic carbocycles. The van der Waals surface area contributed by atoms with E-state index in [0.29, 0.717) is 44.1 Å². The van der Waals surface area contributed by atoms with Gasteiger partial charge in [0.15, 0.2) is 0 Å². The van der Waals surface area contributed by atoms with Crippen molar-refractivity contribution < 1.29 is 19.1 Å². The van der Waals surface area contributed by atoms with E-state index in [9.17, 15) is 9.59 Å². The lowest BCUT2D eigenvalue weighted by molar-refractivity contribution is -0.142. The van der Waals surface area contributed by atoms with Gasteiger partial charge in [-0.2, -0.15) is 0 Å². The molecule has 0 aliphatic carbocycles. The fourth-order valence-electron chi connectivity index (χ4n) is 3.58. The Hall–Kier alpha value is -2.86. The molecule has 0 N–H and O–H groups in total. The number of hydrogen-bond donors (Lipinski definition) is 0. The van der Waals surface area contributed by atoms with E-state index in [1.54, 1.807) is 29.2 Å². The van der Waals surface area contributed by atoms with Crippen molar-refractivity contribution in [1.82, 2.24) is 9.80 Å². The second kappa shape index (κ2) is 8.44. The highest BCUT2D eigenvalue weighted by atomic mass is 16.5. The van der Waals surface area contributed by atoms with Crippen LogP contribution >= 0.6 is 0 Å². The van der Waals surface area contributed by atoms with Gasteiger partial charge in [0, 0.05) is 38.3 Å². The van der Waals surface area contributed by atoms with Crippen LogP contribution in [0, 0.1) is 0 Å². The van der Waals surface area contributed by atoms with Crippen LogP contribution in [0.25, 0.3) is 0 Å². The molecule has 0 spiro atoms. The Morgan fingerprint density at radius 3 is 2.14 bits per heavy atom. The molecule has 2 heterocycles. The maximum atomic E-state index is 12.8. The Kier molecular flexibility index (Phi) is 5.58. The third-order valence-corrected chi connectivity index (χ3v) is 5.16. The summed E-state index contributed by atoms with van der Waals surface area (Å²) in [4.78, 5) is 28.8. The number of carbonyl (C=O) groups is 2. The number of amides is 2. The quantitative estimate of drug-likeness (QED) is 0.818. The Morgan fingerprint density at radius 1 is 0.857 bits per heavy atom. The summed E-state index contributed by atoms with van der Waals surface area (Å²) in [5, 5.41) is 0. The molecule has 0 unspecified atom stereocenters. The standard InChI is InChI=1S/C22H24N2O4/c25-21(17-8-10-19(11-9-17)28-18-5-2-1-3-6-18)23-12-14-24(15-13-23)22(26)20-7-4-16-27-20/h1-3,5-6,8-11,20H,4,7,12-16H2/t20-/m1/s1. The number of nitrogens with zero attached hydrogens (tertiary/aromatic N) is 2. The maximum Gasteiger partial charge on any atom is 0.253 e. The zero-order chi connectivity index (χ0) is 19.3. The summed E-state index contributed by atoms with van der Waals surface area (Å²) < 4.78 is 11.2. The molecule has 4 rings (SSSR count). The zero-order valence-corrected chi connectivity index (χ0v) is 15.8. The Labute approximate surface area is 164 Å². The van der Waals surface area contributed by atoms with E-state index < -0.39 is 0 Å². The first-order valence-electron chi connectivity index (χ1n) is 9.73. The van der Waals surface area contributed by atoms with Crippen molar-refractivity contribution in [2.75, 3.05) is 32.8 Å². The SMILES string of the molecule is O=C(c1ccc(Oc2ccccc2)cc1)N1CCN(C(=O)[C@H]2CCCO2)CC1. The van der Waals surface area contributed by atoms with Crippen LogP contribution in [-0.4, -0.2) is 60.5 Å². The summed E-state index contributed by atoms with van der Waals surface area (Å²) in [5.41, 5.74) is 0.624. The van der Waals surface area contributed by atoms with Crippen LogP contribution in [0.15, 0.2) is 54.6 Å². The predicted molar refractivity (Wildman–Crippen MR) is 104 cm³/mol. The van der Waals surface area contributed by atoms with Gasteiger partial charge in [-0.1, -0.05) is 18.2 Å². The van der Waals surface area contributed by atoms with Crippen molar-refractivity contribution >= 4 is 11.8 Å². The molecule has 2 aromatic rings. The smallest absolute Gasteiger partial charge is 0.253 e. The largest absolute Gasteiger partial charge is 0.457 e. The van der Waals surface area contributed by atoms with E-state index in [1.807, 2.05) is 35.2 Å². The summed E-state index contributed by atoms with van der Waals surface area (Å²) in [7, 11) is 0. The molecule has 28 heavy (non-hydrogen) atoms.